The van der Waals surface area contributed by atoms with E-state index in [-0.39, 0.29) is 23.7 Å². The molecule has 1 aliphatic rings. The molecule has 0 saturated heterocycles. The Kier molecular flexibility index (Phi) is 4.46. The first-order valence-corrected chi connectivity index (χ1v) is 7.58. The molecule has 5 nitrogen and oxygen atoms in total. The van der Waals surface area contributed by atoms with Crippen LogP contribution in [0.3, 0.4) is 0 Å². The number of nitrogens with one attached hydrogen (secondary N) is 2. The van der Waals surface area contributed by atoms with Gasteiger partial charge < -0.3 is 10.1 Å². The van der Waals surface area contributed by atoms with Crippen molar-refractivity contribution in [2.45, 2.75) is 18.4 Å². The van der Waals surface area contributed by atoms with E-state index in [1.54, 1.807) is 36.4 Å². The summed E-state index contributed by atoms with van der Waals surface area (Å²) in [4.78, 5) is 23.5. The molecule has 1 saturated carbocycles. The molecule has 124 valence electrons. The second kappa shape index (κ2) is 6.70. The summed E-state index contributed by atoms with van der Waals surface area (Å²) in [5.74, 6) is -0.265. The second-order valence-corrected chi connectivity index (χ2v) is 5.67. The average Bonchev–Trinajstić information content (AvgIpc) is 3.34. The molecule has 2 aromatic rings. The van der Waals surface area contributed by atoms with Crippen LogP contribution < -0.4 is 10.6 Å². The number of benzene rings is 2. The summed E-state index contributed by atoms with van der Waals surface area (Å²) in [7, 11) is 1.27. The van der Waals surface area contributed by atoms with E-state index < -0.39 is 6.09 Å². The van der Waals surface area contributed by atoms with Gasteiger partial charge in [0.25, 0.3) is 5.91 Å². The molecule has 2 aromatic carbocycles. The van der Waals surface area contributed by atoms with E-state index in [0.717, 1.165) is 12.0 Å². The Balaban J connectivity index is 1.61. The van der Waals surface area contributed by atoms with Crippen LogP contribution in [-0.2, 0) is 4.74 Å². The van der Waals surface area contributed by atoms with Crippen molar-refractivity contribution >= 4 is 17.7 Å². The topological polar surface area (TPSA) is 67.4 Å². The number of anilines is 1. The predicted octanol–water partition coefficient (Wildman–Crippen LogP) is 3.29. The molecule has 0 aliphatic heterocycles. The van der Waals surface area contributed by atoms with Crippen LogP contribution in [0.4, 0.5) is 14.9 Å². The minimum atomic E-state index is -0.592. The fraction of sp³-hybridized carbons (Fsp3) is 0.222. The molecular formula is C18H17FN2O3. The molecule has 0 radical (unpaired) electrons. The van der Waals surface area contributed by atoms with Crippen LogP contribution in [-0.4, -0.2) is 25.2 Å². The standard InChI is InChI=1S/C18H17FN2O3/c1-24-18(23)20-14-4-2-3-12(9-14)17(22)21-16-10-15(16)11-5-7-13(19)8-6-11/h2-9,15-16H,10H2,1H3,(H,20,23)(H,21,22)/t15-,16+/m0/s1. The SMILES string of the molecule is COC(=O)Nc1cccc(C(=O)N[C@@H]2C[C@H]2c2ccc(F)cc2)c1. The van der Waals surface area contributed by atoms with Gasteiger partial charge in [0.2, 0.25) is 0 Å². The van der Waals surface area contributed by atoms with Crippen LogP contribution in [0.5, 0.6) is 0 Å². The summed E-state index contributed by atoms with van der Waals surface area (Å²) in [6.45, 7) is 0. The third kappa shape index (κ3) is 3.71. The lowest BCUT2D eigenvalue weighted by Gasteiger charge is -2.08. The number of hydrogen-bond donors (Lipinski definition) is 2. The van der Waals surface area contributed by atoms with Crippen molar-refractivity contribution in [1.29, 1.82) is 0 Å². The van der Waals surface area contributed by atoms with Crippen molar-refractivity contribution in [3.8, 4) is 0 Å². The largest absolute Gasteiger partial charge is 0.453 e. The highest BCUT2D eigenvalue weighted by Gasteiger charge is 2.39. The van der Waals surface area contributed by atoms with Gasteiger partial charge in [-0.1, -0.05) is 18.2 Å². The lowest BCUT2D eigenvalue weighted by Crippen LogP contribution is -2.26. The molecule has 6 heteroatoms. The third-order valence-electron chi connectivity index (χ3n) is 3.96. The molecule has 1 fully saturated rings. The first-order valence-electron chi connectivity index (χ1n) is 7.58. The quantitative estimate of drug-likeness (QED) is 0.905. The number of amides is 2. The zero-order valence-corrected chi connectivity index (χ0v) is 13.1. The van der Waals surface area contributed by atoms with E-state index in [1.165, 1.54) is 19.2 Å². The maximum absolute atomic E-state index is 12.9. The second-order valence-electron chi connectivity index (χ2n) is 5.67. The van der Waals surface area contributed by atoms with E-state index in [2.05, 4.69) is 15.4 Å². The lowest BCUT2D eigenvalue weighted by molar-refractivity contribution is 0.0950. The van der Waals surface area contributed by atoms with Gasteiger partial charge in [-0.05, 0) is 42.3 Å². The third-order valence-corrected chi connectivity index (χ3v) is 3.96. The van der Waals surface area contributed by atoms with Gasteiger partial charge in [-0.25, -0.2) is 9.18 Å². The maximum atomic E-state index is 12.9. The van der Waals surface area contributed by atoms with Gasteiger partial charge >= 0.3 is 6.09 Å². The summed E-state index contributed by atoms with van der Waals surface area (Å²) in [5.41, 5.74) is 1.96. The normalized spacial score (nSPS) is 18.6. The molecule has 0 spiro atoms. The Labute approximate surface area is 138 Å². The van der Waals surface area contributed by atoms with Crippen LogP contribution in [0.15, 0.2) is 48.5 Å². The minimum absolute atomic E-state index is 0.0418. The Morgan fingerprint density at radius 1 is 1.17 bits per heavy atom. The van der Waals surface area contributed by atoms with Crippen LogP contribution in [0.1, 0.15) is 28.3 Å². The Morgan fingerprint density at radius 2 is 1.92 bits per heavy atom. The van der Waals surface area contributed by atoms with Crippen molar-refractivity contribution in [3.63, 3.8) is 0 Å². The molecule has 2 amide bonds. The van der Waals surface area contributed by atoms with Gasteiger partial charge in [0, 0.05) is 23.2 Å². The van der Waals surface area contributed by atoms with Crippen LogP contribution in [0, 0.1) is 5.82 Å². The van der Waals surface area contributed by atoms with E-state index in [4.69, 9.17) is 0 Å². The van der Waals surface area contributed by atoms with Gasteiger partial charge in [-0.15, -0.1) is 0 Å². The first kappa shape index (κ1) is 16.0. The van der Waals surface area contributed by atoms with Crippen LogP contribution in [0.2, 0.25) is 0 Å². The van der Waals surface area contributed by atoms with E-state index in [1.807, 2.05) is 0 Å². The first-order chi connectivity index (χ1) is 11.6. The summed E-state index contributed by atoms with van der Waals surface area (Å²) in [5, 5.41) is 5.47. The summed E-state index contributed by atoms with van der Waals surface area (Å²) >= 11 is 0. The fourth-order valence-corrected chi connectivity index (χ4v) is 2.59. The highest BCUT2D eigenvalue weighted by Crippen LogP contribution is 2.40. The molecule has 0 bridgehead atoms. The number of carbonyl (C=O) groups excluding carboxylic acids is 2. The van der Waals surface area contributed by atoms with Crippen LogP contribution in [0.25, 0.3) is 0 Å². The van der Waals surface area contributed by atoms with E-state index in [9.17, 15) is 14.0 Å². The monoisotopic (exact) mass is 328 g/mol. The smallest absolute Gasteiger partial charge is 0.411 e. The molecule has 0 heterocycles. The number of hydrogen-bond acceptors (Lipinski definition) is 3. The summed E-state index contributed by atoms with van der Waals surface area (Å²) in [6.07, 6.45) is 0.239. The average molecular weight is 328 g/mol. The molecule has 0 unspecified atom stereocenters. The Hall–Kier alpha value is -2.89. The number of ether oxygens (including phenoxy) is 1. The molecule has 3 rings (SSSR count). The molecule has 0 aromatic heterocycles. The van der Waals surface area contributed by atoms with Gasteiger partial charge in [0.1, 0.15) is 5.82 Å². The van der Waals surface area contributed by atoms with Crippen LogP contribution >= 0.6 is 0 Å². The van der Waals surface area contributed by atoms with Crippen molar-refractivity contribution in [3.05, 3.63) is 65.5 Å². The molecule has 2 N–H and O–H groups in total. The van der Waals surface area contributed by atoms with Gasteiger partial charge in [0.05, 0.1) is 7.11 Å². The van der Waals surface area contributed by atoms with Gasteiger partial charge in [0.15, 0.2) is 0 Å². The van der Waals surface area contributed by atoms with Gasteiger partial charge in [-0.3, -0.25) is 10.1 Å². The van der Waals surface area contributed by atoms with Crippen molar-refractivity contribution < 1.29 is 18.7 Å². The Morgan fingerprint density at radius 3 is 2.62 bits per heavy atom. The summed E-state index contributed by atoms with van der Waals surface area (Å²) in [6, 6.07) is 13.0. The lowest BCUT2D eigenvalue weighted by atomic mass is 10.1. The molecule has 1 aliphatic carbocycles. The molecular weight excluding hydrogens is 311 g/mol. The zero-order chi connectivity index (χ0) is 17.1. The number of rotatable bonds is 4. The Bertz CT molecular complexity index is 761. The molecule has 2 atom stereocenters. The molecule has 24 heavy (non-hydrogen) atoms. The predicted molar refractivity (Wildman–Crippen MR) is 87.5 cm³/mol. The van der Waals surface area contributed by atoms with Crippen molar-refractivity contribution in [1.82, 2.24) is 5.32 Å². The number of halogens is 1. The number of methoxy groups -OCH3 is 1. The van der Waals surface area contributed by atoms with Gasteiger partial charge in [-0.2, -0.15) is 0 Å². The summed E-state index contributed by atoms with van der Waals surface area (Å²) < 4.78 is 17.5. The highest BCUT2D eigenvalue weighted by atomic mass is 19.1. The maximum Gasteiger partial charge on any atom is 0.411 e. The highest BCUT2D eigenvalue weighted by molar-refractivity contribution is 5.96. The van der Waals surface area contributed by atoms with E-state index >= 15 is 0 Å². The minimum Gasteiger partial charge on any atom is -0.453 e. The number of carbonyl (C=O) groups is 2. The zero-order valence-electron chi connectivity index (χ0n) is 13.1. The van der Waals surface area contributed by atoms with Crippen molar-refractivity contribution in [2.24, 2.45) is 0 Å². The fourth-order valence-electron chi connectivity index (χ4n) is 2.59. The van der Waals surface area contributed by atoms with Crippen molar-refractivity contribution in [2.75, 3.05) is 12.4 Å². The van der Waals surface area contributed by atoms with E-state index in [0.29, 0.717) is 11.3 Å².